The van der Waals surface area contributed by atoms with Crippen molar-refractivity contribution in [1.29, 1.82) is 0 Å². The van der Waals surface area contributed by atoms with Gasteiger partial charge in [0, 0.05) is 29.1 Å². The number of aromatic nitrogens is 1. The van der Waals surface area contributed by atoms with Gasteiger partial charge in [-0.3, -0.25) is 9.69 Å². The molecule has 1 amide bonds. The maximum absolute atomic E-state index is 12.1. The molecular weight excluding hydrogens is 252 g/mol. The number of nitrogens with zero attached hydrogens (tertiary/aromatic N) is 2. The van der Waals surface area contributed by atoms with Gasteiger partial charge in [-0.05, 0) is 30.5 Å². The molecule has 17 heavy (non-hydrogen) atoms. The summed E-state index contributed by atoms with van der Waals surface area (Å²) in [6.45, 7) is 0. The summed E-state index contributed by atoms with van der Waals surface area (Å²) in [5.41, 5.74) is 0.681. The Bertz CT molecular complexity index is 494. The predicted molar refractivity (Wildman–Crippen MR) is 73.1 cm³/mol. The molecule has 0 atom stereocenters. The largest absolute Gasteiger partial charge is 0.287 e. The molecular formula is C12H12N2OS2. The number of amides is 1. The van der Waals surface area contributed by atoms with Crippen molar-refractivity contribution in [2.24, 2.45) is 0 Å². The van der Waals surface area contributed by atoms with Crippen LogP contribution < -0.4 is 4.90 Å². The van der Waals surface area contributed by atoms with E-state index in [-0.39, 0.29) is 5.91 Å². The van der Waals surface area contributed by atoms with Crippen LogP contribution in [0.25, 0.3) is 0 Å². The molecule has 0 spiro atoms. The van der Waals surface area contributed by atoms with Crippen LogP contribution in [0.1, 0.15) is 10.4 Å². The van der Waals surface area contributed by atoms with E-state index in [1.54, 1.807) is 29.9 Å². The molecule has 1 aromatic heterocycles. The summed E-state index contributed by atoms with van der Waals surface area (Å²) < 4.78 is 0. The molecule has 0 fully saturated rings. The Morgan fingerprint density at radius 1 is 1.35 bits per heavy atom. The first-order valence-corrected chi connectivity index (χ1v) is 7.14. The fraction of sp³-hybridized carbons (Fsp3) is 0.167. The number of benzene rings is 1. The van der Waals surface area contributed by atoms with Crippen molar-refractivity contribution in [3.8, 4) is 0 Å². The van der Waals surface area contributed by atoms with Crippen molar-refractivity contribution >= 4 is 34.1 Å². The number of thioether (sulfide) groups is 1. The zero-order valence-electron chi connectivity index (χ0n) is 9.58. The van der Waals surface area contributed by atoms with E-state index in [2.05, 4.69) is 4.98 Å². The highest BCUT2D eigenvalue weighted by Crippen LogP contribution is 2.20. The van der Waals surface area contributed by atoms with Crippen LogP contribution in [0.2, 0.25) is 0 Å². The Kier molecular flexibility index (Phi) is 3.81. The molecule has 0 unspecified atom stereocenters. The van der Waals surface area contributed by atoms with E-state index < -0.39 is 0 Å². The van der Waals surface area contributed by atoms with Gasteiger partial charge in [0.2, 0.25) is 0 Å². The summed E-state index contributed by atoms with van der Waals surface area (Å²) in [5, 5.41) is 2.57. The van der Waals surface area contributed by atoms with Gasteiger partial charge in [0.05, 0.1) is 0 Å². The molecule has 2 rings (SSSR count). The van der Waals surface area contributed by atoms with E-state index >= 15 is 0 Å². The Morgan fingerprint density at radius 3 is 2.59 bits per heavy atom. The number of carbonyl (C=O) groups excluding carboxylic acids is 1. The molecule has 0 saturated carbocycles. The molecule has 0 aliphatic carbocycles. The van der Waals surface area contributed by atoms with Crippen LogP contribution in [0.3, 0.4) is 0 Å². The first-order chi connectivity index (χ1) is 8.22. The number of hydrogen-bond donors (Lipinski definition) is 0. The molecule has 0 aliphatic rings. The molecule has 0 bridgehead atoms. The van der Waals surface area contributed by atoms with Gasteiger partial charge in [-0.25, -0.2) is 4.98 Å². The first-order valence-electron chi connectivity index (χ1n) is 5.04. The lowest BCUT2D eigenvalue weighted by Gasteiger charge is -2.13. The Hall–Kier alpha value is -1.33. The fourth-order valence-electron chi connectivity index (χ4n) is 1.40. The molecule has 0 aliphatic heterocycles. The standard InChI is InChI=1S/C12H12N2OS2/c1-14(12-13-7-8-17-12)11(15)9-3-5-10(16-2)6-4-9/h3-8H,1-2H3. The van der Waals surface area contributed by atoms with E-state index in [9.17, 15) is 4.79 Å². The highest BCUT2D eigenvalue weighted by molar-refractivity contribution is 7.98. The van der Waals surface area contributed by atoms with E-state index in [0.717, 1.165) is 4.90 Å². The summed E-state index contributed by atoms with van der Waals surface area (Å²) in [5.74, 6) is -0.0346. The zero-order valence-corrected chi connectivity index (χ0v) is 11.2. The maximum atomic E-state index is 12.1. The van der Waals surface area contributed by atoms with Crippen LogP contribution in [0.4, 0.5) is 5.13 Å². The Balaban J connectivity index is 2.19. The second-order valence-corrected chi connectivity index (χ2v) is 5.16. The highest BCUT2D eigenvalue weighted by Gasteiger charge is 2.14. The zero-order chi connectivity index (χ0) is 12.3. The quantitative estimate of drug-likeness (QED) is 0.798. The fourth-order valence-corrected chi connectivity index (χ4v) is 2.41. The van der Waals surface area contributed by atoms with Crippen molar-refractivity contribution in [1.82, 2.24) is 4.98 Å². The van der Waals surface area contributed by atoms with Gasteiger partial charge in [-0.1, -0.05) is 0 Å². The van der Waals surface area contributed by atoms with Crippen molar-refractivity contribution in [2.75, 3.05) is 18.2 Å². The third kappa shape index (κ3) is 2.68. The summed E-state index contributed by atoms with van der Waals surface area (Å²) in [4.78, 5) is 19.0. The van der Waals surface area contributed by atoms with Crippen LogP contribution in [-0.4, -0.2) is 24.2 Å². The molecule has 0 radical (unpaired) electrons. The van der Waals surface area contributed by atoms with Crippen LogP contribution in [-0.2, 0) is 0 Å². The van der Waals surface area contributed by atoms with Gasteiger partial charge < -0.3 is 0 Å². The summed E-state index contributed by atoms with van der Waals surface area (Å²) in [6, 6.07) is 7.59. The number of carbonyl (C=O) groups is 1. The second-order valence-electron chi connectivity index (χ2n) is 3.41. The predicted octanol–water partition coefficient (Wildman–Crippen LogP) is 3.14. The minimum Gasteiger partial charge on any atom is -0.287 e. The lowest BCUT2D eigenvalue weighted by Crippen LogP contribution is -2.25. The third-order valence-electron chi connectivity index (χ3n) is 2.35. The molecule has 0 saturated heterocycles. The smallest absolute Gasteiger partial charge is 0.259 e. The van der Waals surface area contributed by atoms with Crippen molar-refractivity contribution in [3.63, 3.8) is 0 Å². The second kappa shape index (κ2) is 5.33. The van der Waals surface area contributed by atoms with Gasteiger partial charge in [-0.2, -0.15) is 0 Å². The summed E-state index contributed by atoms with van der Waals surface area (Å²) >= 11 is 3.11. The molecule has 1 heterocycles. The third-order valence-corrected chi connectivity index (χ3v) is 3.94. The van der Waals surface area contributed by atoms with Crippen LogP contribution in [0.15, 0.2) is 40.7 Å². The molecule has 3 nitrogen and oxygen atoms in total. The SMILES string of the molecule is CSc1ccc(C(=O)N(C)c2nccs2)cc1. The van der Waals surface area contributed by atoms with E-state index in [0.29, 0.717) is 10.7 Å². The molecule has 2 aromatic rings. The lowest BCUT2D eigenvalue weighted by atomic mass is 10.2. The monoisotopic (exact) mass is 264 g/mol. The van der Waals surface area contributed by atoms with Crippen LogP contribution in [0, 0.1) is 0 Å². The highest BCUT2D eigenvalue weighted by atomic mass is 32.2. The van der Waals surface area contributed by atoms with Gasteiger partial charge in [0.25, 0.3) is 5.91 Å². The van der Waals surface area contributed by atoms with Crippen molar-refractivity contribution in [3.05, 3.63) is 41.4 Å². The van der Waals surface area contributed by atoms with Crippen molar-refractivity contribution in [2.45, 2.75) is 4.90 Å². The Labute approximate surface area is 108 Å². The number of rotatable bonds is 3. The van der Waals surface area contributed by atoms with Crippen LogP contribution >= 0.6 is 23.1 Å². The van der Waals surface area contributed by atoms with E-state index in [1.807, 2.05) is 35.9 Å². The first kappa shape index (κ1) is 12.1. The minimum absolute atomic E-state index is 0.0346. The molecule has 5 heteroatoms. The molecule has 88 valence electrons. The molecule has 0 N–H and O–H groups in total. The topological polar surface area (TPSA) is 33.2 Å². The van der Waals surface area contributed by atoms with Gasteiger partial charge in [0.15, 0.2) is 5.13 Å². The van der Waals surface area contributed by atoms with E-state index in [1.165, 1.54) is 11.3 Å². The minimum atomic E-state index is -0.0346. The normalized spacial score (nSPS) is 10.2. The number of anilines is 1. The lowest BCUT2D eigenvalue weighted by molar-refractivity contribution is 0.0993. The van der Waals surface area contributed by atoms with Crippen molar-refractivity contribution < 1.29 is 4.79 Å². The number of hydrogen-bond acceptors (Lipinski definition) is 4. The van der Waals surface area contributed by atoms with E-state index in [4.69, 9.17) is 0 Å². The summed E-state index contributed by atoms with van der Waals surface area (Å²) in [7, 11) is 1.74. The van der Waals surface area contributed by atoms with Crippen LogP contribution in [0.5, 0.6) is 0 Å². The summed E-state index contributed by atoms with van der Waals surface area (Å²) in [6.07, 6.45) is 3.71. The number of thiazole rings is 1. The average Bonchev–Trinajstić information content (AvgIpc) is 2.91. The molecule has 1 aromatic carbocycles. The van der Waals surface area contributed by atoms with Gasteiger partial charge in [-0.15, -0.1) is 23.1 Å². The van der Waals surface area contributed by atoms with Gasteiger partial charge in [0.1, 0.15) is 0 Å². The Morgan fingerprint density at radius 2 is 2.06 bits per heavy atom. The maximum Gasteiger partial charge on any atom is 0.259 e. The van der Waals surface area contributed by atoms with Gasteiger partial charge >= 0.3 is 0 Å². The average molecular weight is 264 g/mol.